The summed E-state index contributed by atoms with van der Waals surface area (Å²) in [5.74, 6) is -1.86. The predicted octanol–water partition coefficient (Wildman–Crippen LogP) is 4.94. The van der Waals surface area contributed by atoms with Crippen LogP contribution in [0.25, 0.3) is 0 Å². The maximum Gasteiger partial charge on any atom is 0.251 e. The van der Waals surface area contributed by atoms with Gasteiger partial charge < -0.3 is 19.8 Å². The molecule has 3 amide bonds. The molecule has 0 aromatic heterocycles. The second-order valence-electron chi connectivity index (χ2n) is 11.1. The van der Waals surface area contributed by atoms with Gasteiger partial charge in [-0.3, -0.25) is 14.4 Å². The number of amides is 3. The highest BCUT2D eigenvalue weighted by Crippen LogP contribution is 2.71. The monoisotopic (exact) mass is 593 g/mol. The molecule has 7 nitrogen and oxygen atoms in total. The number of hydrogen-bond acceptors (Lipinski definition) is 5. The molecular formula is C32H36ClN3O4S. The number of likely N-dealkylation sites (tertiary alicyclic amines) is 1. The van der Waals surface area contributed by atoms with E-state index in [2.05, 4.69) is 20.1 Å². The van der Waals surface area contributed by atoms with Crippen molar-refractivity contribution in [3.8, 4) is 0 Å². The smallest absolute Gasteiger partial charge is 0.251 e. The molecule has 216 valence electrons. The van der Waals surface area contributed by atoms with Crippen LogP contribution in [-0.4, -0.2) is 69.5 Å². The first-order chi connectivity index (χ1) is 19.7. The van der Waals surface area contributed by atoms with Gasteiger partial charge in [-0.05, 0) is 50.5 Å². The molecular weight excluding hydrogens is 558 g/mol. The van der Waals surface area contributed by atoms with Crippen molar-refractivity contribution in [1.82, 2.24) is 4.90 Å². The normalized spacial score (nSPS) is 27.9. The van der Waals surface area contributed by atoms with Gasteiger partial charge in [0.25, 0.3) is 5.91 Å². The lowest BCUT2D eigenvalue weighted by atomic mass is 9.66. The fourth-order valence-electron chi connectivity index (χ4n) is 7.04. The molecule has 2 aromatic rings. The fraction of sp³-hybridized carbons (Fsp3) is 0.406. The summed E-state index contributed by atoms with van der Waals surface area (Å²) < 4.78 is -1.29. The maximum absolute atomic E-state index is 14.6. The number of para-hydroxylation sites is 2. The highest BCUT2D eigenvalue weighted by atomic mass is 35.5. The number of aliphatic hydroxyl groups excluding tert-OH is 1. The summed E-state index contributed by atoms with van der Waals surface area (Å²) in [6.07, 6.45) is 5.01. The van der Waals surface area contributed by atoms with Gasteiger partial charge in [-0.1, -0.05) is 54.1 Å². The molecule has 9 heteroatoms. The van der Waals surface area contributed by atoms with E-state index in [1.807, 2.05) is 36.4 Å². The highest BCUT2D eigenvalue weighted by molar-refractivity contribution is 8.02. The molecule has 3 aliphatic heterocycles. The van der Waals surface area contributed by atoms with Crippen LogP contribution in [0.5, 0.6) is 0 Å². The number of nitrogens with zero attached hydrogens (tertiary/aromatic N) is 3. The van der Waals surface area contributed by atoms with Gasteiger partial charge in [0.2, 0.25) is 11.8 Å². The van der Waals surface area contributed by atoms with E-state index < -0.39 is 27.4 Å². The van der Waals surface area contributed by atoms with E-state index in [0.717, 1.165) is 5.69 Å². The molecule has 0 saturated carbocycles. The van der Waals surface area contributed by atoms with E-state index >= 15 is 0 Å². The Bertz CT molecular complexity index is 1360. The van der Waals surface area contributed by atoms with Crippen LogP contribution in [0.3, 0.4) is 0 Å². The van der Waals surface area contributed by atoms with Gasteiger partial charge in [0.15, 0.2) is 0 Å². The van der Waals surface area contributed by atoms with Gasteiger partial charge in [-0.25, -0.2) is 0 Å². The quantitative estimate of drug-likeness (QED) is 0.373. The summed E-state index contributed by atoms with van der Waals surface area (Å²) in [5.41, 5.74) is 1.29. The number of fused-ring (bicyclic) bond motifs is 1. The molecule has 2 aromatic carbocycles. The van der Waals surface area contributed by atoms with Gasteiger partial charge in [-0.2, -0.15) is 0 Å². The number of aliphatic hydroxyl groups is 1. The molecule has 5 rings (SSSR count). The number of hydrogen-bond donors (Lipinski definition) is 1. The minimum atomic E-state index is -0.808. The van der Waals surface area contributed by atoms with Crippen molar-refractivity contribution in [2.45, 2.75) is 41.7 Å². The van der Waals surface area contributed by atoms with Crippen molar-refractivity contribution in [3.05, 3.63) is 84.9 Å². The highest BCUT2D eigenvalue weighted by Gasteiger charge is 2.77. The third-order valence-electron chi connectivity index (χ3n) is 8.70. The van der Waals surface area contributed by atoms with Crippen LogP contribution in [0.15, 0.2) is 79.9 Å². The lowest BCUT2D eigenvalue weighted by molar-refractivity contribution is -0.139. The van der Waals surface area contributed by atoms with E-state index in [0.29, 0.717) is 36.5 Å². The average molecular weight is 594 g/mol. The van der Waals surface area contributed by atoms with Crippen LogP contribution >= 0.6 is 23.4 Å². The zero-order valence-electron chi connectivity index (χ0n) is 23.2. The number of thioether (sulfide) groups is 1. The average Bonchev–Trinajstić information content (AvgIpc) is 3.54. The van der Waals surface area contributed by atoms with Gasteiger partial charge in [0, 0.05) is 36.7 Å². The van der Waals surface area contributed by atoms with Gasteiger partial charge in [0.1, 0.15) is 6.04 Å². The molecule has 2 bridgehead atoms. The van der Waals surface area contributed by atoms with Crippen molar-refractivity contribution in [2.24, 2.45) is 11.8 Å². The number of carbonyl (C=O) groups is 3. The topological polar surface area (TPSA) is 81.2 Å². The molecule has 0 radical (unpaired) electrons. The predicted molar refractivity (Wildman–Crippen MR) is 165 cm³/mol. The molecule has 1 N–H and O–H groups in total. The summed E-state index contributed by atoms with van der Waals surface area (Å²) in [5, 5.41) is 10.1. The van der Waals surface area contributed by atoms with Gasteiger partial charge in [-0.15, -0.1) is 24.9 Å². The molecule has 2 unspecified atom stereocenters. The second kappa shape index (κ2) is 11.7. The zero-order chi connectivity index (χ0) is 29.4. The first kappa shape index (κ1) is 29.4. The number of carbonyl (C=O) groups excluding carboxylic acids is 3. The second-order valence-corrected chi connectivity index (χ2v) is 13.4. The van der Waals surface area contributed by atoms with Crippen LogP contribution in [-0.2, 0) is 14.4 Å². The van der Waals surface area contributed by atoms with Crippen molar-refractivity contribution in [2.75, 3.05) is 36.0 Å². The Morgan fingerprint density at radius 1 is 1.05 bits per heavy atom. The third kappa shape index (κ3) is 4.80. The zero-order valence-corrected chi connectivity index (χ0v) is 24.8. The molecule has 3 saturated heterocycles. The Kier molecular flexibility index (Phi) is 8.37. The standard InChI is InChI=1S/C32H36ClN3O4S/c1-4-18-34(22-12-7-6-8-13-22)28(38)25-26-29(39)36(20-11-21-37)27(32(26)17-16-31(25,3)41-32)30(40)35(19-5-2)24-15-10-9-14-23(24)33/h4-10,12-15,25-27,37H,1-2,11,16-21H2,3H3/t25-,26+,27?,31+,32?/m1/s1. The molecule has 3 heterocycles. The summed E-state index contributed by atoms with van der Waals surface area (Å²) in [4.78, 5) is 48.3. The largest absolute Gasteiger partial charge is 0.396 e. The van der Waals surface area contributed by atoms with Crippen LogP contribution in [0.2, 0.25) is 5.02 Å². The number of benzene rings is 2. The van der Waals surface area contributed by atoms with Crippen LogP contribution in [0, 0.1) is 11.8 Å². The van der Waals surface area contributed by atoms with E-state index in [-0.39, 0.29) is 37.4 Å². The molecule has 0 aliphatic carbocycles. The van der Waals surface area contributed by atoms with E-state index in [1.165, 1.54) is 0 Å². The SMILES string of the molecule is C=CCN(C(=O)[C@H]1[C@H]2C(=O)N(CCCO)C(C(=O)N(CC=C)c3ccccc3Cl)C23CC[C@]1(C)S3)c1ccccc1. The molecule has 3 aliphatic rings. The first-order valence-corrected chi connectivity index (χ1v) is 15.2. The number of anilines is 2. The van der Waals surface area contributed by atoms with Gasteiger partial charge >= 0.3 is 0 Å². The first-order valence-electron chi connectivity index (χ1n) is 14.0. The number of rotatable bonds is 11. The Hall–Kier alpha value is -3.07. The lowest BCUT2D eigenvalue weighted by Crippen LogP contribution is -2.55. The van der Waals surface area contributed by atoms with Crippen LogP contribution in [0.1, 0.15) is 26.2 Å². The van der Waals surface area contributed by atoms with E-state index in [9.17, 15) is 19.5 Å². The maximum atomic E-state index is 14.6. The van der Waals surface area contributed by atoms with Crippen molar-refractivity contribution < 1.29 is 19.5 Å². The summed E-state index contributed by atoms with van der Waals surface area (Å²) >= 11 is 8.17. The Morgan fingerprint density at radius 3 is 2.37 bits per heavy atom. The molecule has 1 spiro atoms. The third-order valence-corrected chi connectivity index (χ3v) is 11.0. The Balaban J connectivity index is 1.59. The summed E-state index contributed by atoms with van der Waals surface area (Å²) in [6, 6.07) is 15.8. The Morgan fingerprint density at radius 2 is 1.71 bits per heavy atom. The fourth-order valence-corrected chi connectivity index (χ4v) is 9.63. The van der Waals surface area contributed by atoms with Crippen molar-refractivity contribution in [1.29, 1.82) is 0 Å². The minimum absolute atomic E-state index is 0.114. The molecule has 3 fully saturated rings. The lowest BCUT2D eigenvalue weighted by Gasteiger charge is -2.38. The van der Waals surface area contributed by atoms with Crippen molar-refractivity contribution in [3.63, 3.8) is 0 Å². The van der Waals surface area contributed by atoms with E-state index in [4.69, 9.17) is 11.6 Å². The molecule has 5 atom stereocenters. The van der Waals surface area contributed by atoms with Crippen LogP contribution < -0.4 is 9.80 Å². The van der Waals surface area contributed by atoms with Crippen molar-refractivity contribution >= 4 is 52.5 Å². The van der Waals surface area contributed by atoms with Gasteiger partial charge in [0.05, 0.1) is 27.3 Å². The summed E-state index contributed by atoms with van der Waals surface area (Å²) in [7, 11) is 0. The Labute approximate surface area is 250 Å². The minimum Gasteiger partial charge on any atom is -0.396 e. The molecule has 41 heavy (non-hydrogen) atoms. The van der Waals surface area contributed by atoms with E-state index in [1.54, 1.807) is 56.8 Å². The van der Waals surface area contributed by atoms with Crippen LogP contribution in [0.4, 0.5) is 11.4 Å². The number of halogens is 1. The summed E-state index contributed by atoms with van der Waals surface area (Å²) in [6.45, 7) is 10.4.